The van der Waals surface area contributed by atoms with Gasteiger partial charge in [-0.2, -0.15) is 5.26 Å². The molecule has 7 rings (SSSR count). The summed E-state index contributed by atoms with van der Waals surface area (Å²) in [7, 11) is 0. The van der Waals surface area contributed by atoms with Gasteiger partial charge >= 0.3 is 5.97 Å². The Morgan fingerprint density at radius 2 is 1.80 bits per heavy atom. The van der Waals surface area contributed by atoms with Gasteiger partial charge in [-0.3, -0.25) is 19.3 Å². The Balaban J connectivity index is 1.30. The number of nitrogens with zero attached hydrogens (tertiary/aromatic N) is 5. The molecule has 2 aromatic carbocycles. The Morgan fingerprint density at radius 1 is 1.12 bits per heavy atom. The van der Waals surface area contributed by atoms with E-state index in [-0.39, 0.29) is 28.6 Å². The lowest BCUT2D eigenvalue weighted by atomic mass is 9.90. The number of carboxylic acids is 1. The second kappa shape index (κ2) is 11.6. The maximum absolute atomic E-state index is 14.7. The van der Waals surface area contributed by atoms with E-state index in [9.17, 15) is 29.5 Å². The molecular weight excluding hydrogens is 784 g/mol. The van der Waals surface area contributed by atoms with E-state index >= 15 is 0 Å². The van der Waals surface area contributed by atoms with Crippen molar-refractivity contribution in [1.29, 1.82) is 5.26 Å². The number of rotatable bonds is 9. The molecule has 1 aromatic heterocycles. The highest BCUT2D eigenvalue weighted by molar-refractivity contribution is 14.1. The van der Waals surface area contributed by atoms with E-state index < -0.39 is 52.5 Å². The lowest BCUT2D eigenvalue weighted by Crippen LogP contribution is -2.53. The van der Waals surface area contributed by atoms with Gasteiger partial charge in [-0.15, -0.1) is 0 Å². The van der Waals surface area contributed by atoms with Crippen LogP contribution in [0.1, 0.15) is 43.0 Å². The number of carboxylic acid groups (broad SMARTS) is 1. The van der Waals surface area contributed by atoms with Crippen LogP contribution in [-0.2, 0) is 31.1 Å². The highest BCUT2D eigenvalue weighted by Gasteiger charge is 2.72. The van der Waals surface area contributed by atoms with E-state index in [0.717, 1.165) is 3.70 Å². The number of carbonyl (C=O) groups excluding carboxylic acids is 3. The first-order chi connectivity index (χ1) is 23.2. The fourth-order valence-electron chi connectivity index (χ4n) is 7.16. The summed E-state index contributed by atoms with van der Waals surface area (Å²) in [5.74, 6) is -3.23. The molecule has 3 amide bonds. The molecule has 4 atom stereocenters. The Hall–Kier alpha value is -4.39. The van der Waals surface area contributed by atoms with Crippen molar-refractivity contribution in [2.45, 2.75) is 56.0 Å². The smallest absolute Gasteiger partial charge is 0.353 e. The summed E-state index contributed by atoms with van der Waals surface area (Å²) in [6.45, 7) is 1.64. The van der Waals surface area contributed by atoms with Crippen LogP contribution in [0.25, 0.3) is 0 Å². The number of primary amides is 1. The van der Waals surface area contributed by atoms with Crippen LogP contribution in [0.15, 0.2) is 72.6 Å². The largest absolute Gasteiger partial charge is 0.477 e. The number of hydrogen-bond acceptors (Lipinski definition) is 8. The average Bonchev–Trinajstić information content (AvgIpc) is 3.95. The lowest BCUT2D eigenvalue weighted by Gasteiger charge is -2.37. The number of anilines is 1. The van der Waals surface area contributed by atoms with Gasteiger partial charge in [-0.1, -0.05) is 41.4 Å². The van der Waals surface area contributed by atoms with Crippen molar-refractivity contribution in [3.63, 3.8) is 0 Å². The molecular formula is C34H28Cl2IN7O5. The fourth-order valence-corrected chi connectivity index (χ4v) is 8.14. The van der Waals surface area contributed by atoms with Crippen LogP contribution in [0, 0.1) is 20.4 Å². The van der Waals surface area contributed by atoms with E-state index in [1.807, 2.05) is 18.2 Å². The monoisotopic (exact) mass is 811 g/mol. The molecule has 2 aliphatic heterocycles. The molecule has 2 saturated carbocycles. The molecule has 15 heteroatoms. The Labute approximate surface area is 304 Å². The summed E-state index contributed by atoms with van der Waals surface area (Å²) >= 11 is 14.9. The van der Waals surface area contributed by atoms with Crippen LogP contribution in [0.3, 0.4) is 0 Å². The highest BCUT2D eigenvalue weighted by Crippen LogP contribution is 2.57. The van der Waals surface area contributed by atoms with Gasteiger partial charge in [-0.05, 0) is 96.8 Å². The van der Waals surface area contributed by atoms with Gasteiger partial charge in [0.15, 0.2) is 6.29 Å². The number of nitrogens with one attached hydrogen (secondary N) is 1. The van der Waals surface area contributed by atoms with Gasteiger partial charge in [0, 0.05) is 22.7 Å². The normalized spacial score (nSPS) is 26.1. The summed E-state index contributed by atoms with van der Waals surface area (Å²) in [6.07, 6.45) is 1.55. The average molecular weight is 812 g/mol. The molecule has 4 aliphatic rings. The maximum Gasteiger partial charge on any atom is 0.353 e. The highest BCUT2D eigenvalue weighted by atomic mass is 127. The van der Waals surface area contributed by atoms with Crippen LogP contribution in [0.5, 0.6) is 0 Å². The second-order valence-electron chi connectivity index (χ2n) is 13.0. The minimum atomic E-state index is -1.72. The molecule has 49 heavy (non-hydrogen) atoms. The van der Waals surface area contributed by atoms with Gasteiger partial charge in [0.1, 0.15) is 20.4 Å². The van der Waals surface area contributed by atoms with Crippen LogP contribution in [0.4, 0.5) is 5.69 Å². The van der Waals surface area contributed by atoms with Crippen LogP contribution < -0.4 is 16.0 Å². The zero-order valence-corrected chi connectivity index (χ0v) is 29.5. The van der Waals surface area contributed by atoms with E-state index in [2.05, 4.69) is 39.0 Å². The van der Waals surface area contributed by atoms with Crippen molar-refractivity contribution in [2.75, 3.05) is 4.90 Å². The molecule has 3 unspecified atom stereocenters. The number of fused-ring (bicyclic) bond motifs is 1. The summed E-state index contributed by atoms with van der Waals surface area (Å²) in [4.78, 5) is 64.0. The number of carbonyl (C=O) groups is 4. The number of benzene rings is 2. The van der Waals surface area contributed by atoms with Gasteiger partial charge in [0.2, 0.25) is 11.8 Å². The first kappa shape index (κ1) is 33.1. The number of halogens is 3. The Morgan fingerprint density at radius 3 is 2.37 bits per heavy atom. The van der Waals surface area contributed by atoms with Crippen LogP contribution >= 0.6 is 45.8 Å². The van der Waals surface area contributed by atoms with Gasteiger partial charge in [-0.25, -0.2) is 9.78 Å². The molecule has 2 aliphatic carbocycles. The van der Waals surface area contributed by atoms with Crippen molar-refractivity contribution in [3.05, 3.63) is 103 Å². The number of nitrogens with two attached hydrogens (primary N) is 1. The molecule has 12 nitrogen and oxygen atoms in total. The molecule has 4 N–H and O–H groups in total. The van der Waals surface area contributed by atoms with Crippen molar-refractivity contribution in [3.8, 4) is 6.07 Å². The van der Waals surface area contributed by atoms with E-state index in [1.54, 1.807) is 48.2 Å². The molecule has 0 spiro atoms. The van der Waals surface area contributed by atoms with Gasteiger partial charge < -0.3 is 26.0 Å². The molecule has 250 valence electrons. The third-order valence-corrected chi connectivity index (χ3v) is 10.9. The first-order valence-electron chi connectivity index (χ1n) is 15.3. The number of aromatic nitrogens is 1. The minimum absolute atomic E-state index is 0.0115. The lowest BCUT2D eigenvalue weighted by molar-refractivity contribution is -0.138. The van der Waals surface area contributed by atoms with E-state index in [4.69, 9.17) is 28.9 Å². The zero-order valence-electron chi connectivity index (χ0n) is 25.9. The number of pyridine rings is 1. The third-order valence-electron chi connectivity index (χ3n) is 9.88. The minimum Gasteiger partial charge on any atom is -0.477 e. The van der Waals surface area contributed by atoms with Crippen molar-refractivity contribution in [1.82, 2.24) is 20.1 Å². The molecule has 3 fully saturated rings. The van der Waals surface area contributed by atoms with E-state index in [0.29, 0.717) is 35.3 Å². The number of aliphatic carboxylic acids is 1. The molecule has 0 radical (unpaired) electrons. The second-order valence-corrected chi connectivity index (χ2v) is 15.0. The standard InChI is InChI=1S/C34H28Cl2IN7O5/c1-32(14-18-5-7-19(16-38)8-6-18)30(49)43(22-12-20(35)11-21(36)13-22)31-42(17-23(27(45)46)44(31)32)25-15-34(25,28(39)47)29(48)41-33(9-10-33)24-3-2-4-26(37)40-24/h2-8,11-13,17,25,31H,9-10,14-15H2,1H3,(H2,39,47)(H,41,48)(H,45,46)/t25?,31?,32-,34?/m1/s1. The van der Waals surface area contributed by atoms with Gasteiger partial charge in [0.25, 0.3) is 5.91 Å². The first-order valence-corrected chi connectivity index (χ1v) is 17.1. The third kappa shape index (κ3) is 5.28. The number of hydrogen-bond donors (Lipinski definition) is 3. The summed E-state index contributed by atoms with van der Waals surface area (Å²) < 4.78 is 0.754. The van der Waals surface area contributed by atoms with Crippen molar-refractivity contribution < 1.29 is 24.3 Å². The predicted molar refractivity (Wildman–Crippen MR) is 186 cm³/mol. The van der Waals surface area contributed by atoms with Gasteiger partial charge in [0.05, 0.1) is 34.6 Å². The molecule has 1 saturated heterocycles. The fraction of sp³-hybridized carbons (Fsp3) is 0.294. The van der Waals surface area contributed by atoms with Crippen molar-refractivity contribution >= 4 is 75.2 Å². The molecule has 0 bridgehead atoms. The summed E-state index contributed by atoms with van der Waals surface area (Å²) in [5.41, 5.74) is 3.90. The summed E-state index contributed by atoms with van der Waals surface area (Å²) in [5, 5.41) is 23.3. The SMILES string of the molecule is C[C@@]1(Cc2ccc(C#N)cc2)C(=O)N(c2cc(Cl)cc(Cl)c2)C2N(C3CC3(C(N)=O)C(=O)NC3(c4cccc(I)n4)CC3)C=C(C(=O)O)N21. The Bertz CT molecular complexity index is 2010. The molecule has 3 aromatic rings. The summed E-state index contributed by atoms with van der Waals surface area (Å²) in [6, 6.07) is 17.9. The predicted octanol–water partition coefficient (Wildman–Crippen LogP) is 4.09. The van der Waals surface area contributed by atoms with Crippen LogP contribution in [-0.4, -0.2) is 61.5 Å². The van der Waals surface area contributed by atoms with Crippen molar-refractivity contribution in [2.24, 2.45) is 11.1 Å². The zero-order chi connectivity index (χ0) is 35.0. The van der Waals surface area contributed by atoms with Crippen LogP contribution in [0.2, 0.25) is 10.0 Å². The Kier molecular flexibility index (Phi) is 7.84. The number of nitriles is 1. The maximum atomic E-state index is 14.7. The van der Waals surface area contributed by atoms with E-state index in [1.165, 1.54) is 22.1 Å². The number of amides is 3. The molecule has 3 heterocycles. The quantitative estimate of drug-likeness (QED) is 0.164. The topological polar surface area (TPSA) is 173 Å².